The zero-order chi connectivity index (χ0) is 12.3. The first-order chi connectivity index (χ1) is 7.34. The van der Waals surface area contributed by atoms with Crippen LogP contribution >= 0.6 is 0 Å². The molecule has 5 nitrogen and oxygen atoms in total. The molecule has 1 atom stereocenters. The highest BCUT2D eigenvalue weighted by Crippen LogP contribution is 2.20. The second-order valence-electron chi connectivity index (χ2n) is 4.72. The van der Waals surface area contributed by atoms with E-state index >= 15 is 0 Å². The number of hydrogen-bond donors (Lipinski definition) is 1. The number of aliphatic hydroxyl groups excluding tert-OH is 1. The Morgan fingerprint density at radius 1 is 1.44 bits per heavy atom. The van der Waals surface area contributed by atoms with Crippen molar-refractivity contribution in [1.29, 1.82) is 0 Å². The molecule has 0 amide bonds. The Morgan fingerprint density at radius 2 is 1.94 bits per heavy atom. The fourth-order valence-corrected chi connectivity index (χ4v) is 3.35. The van der Waals surface area contributed by atoms with Crippen LogP contribution in [0.5, 0.6) is 0 Å². The lowest BCUT2D eigenvalue weighted by Gasteiger charge is -2.32. The molecule has 1 heterocycles. The van der Waals surface area contributed by atoms with E-state index in [9.17, 15) is 13.5 Å². The highest BCUT2D eigenvalue weighted by molar-refractivity contribution is 7.86. The third-order valence-electron chi connectivity index (χ3n) is 2.98. The summed E-state index contributed by atoms with van der Waals surface area (Å²) in [6.07, 6.45) is 1.20. The summed E-state index contributed by atoms with van der Waals surface area (Å²) in [5.74, 6) is 0.605. The molecule has 6 heteroatoms. The lowest BCUT2D eigenvalue weighted by Crippen LogP contribution is -2.47. The van der Waals surface area contributed by atoms with Gasteiger partial charge in [-0.05, 0) is 25.7 Å². The fraction of sp³-hybridized carbons (Fsp3) is 1.00. The van der Waals surface area contributed by atoms with Crippen molar-refractivity contribution < 1.29 is 13.5 Å². The zero-order valence-electron chi connectivity index (χ0n) is 10.3. The van der Waals surface area contributed by atoms with Gasteiger partial charge < -0.3 is 5.11 Å². The summed E-state index contributed by atoms with van der Waals surface area (Å²) >= 11 is 0. The molecule has 0 bridgehead atoms. The summed E-state index contributed by atoms with van der Waals surface area (Å²) in [5.41, 5.74) is 0. The maximum Gasteiger partial charge on any atom is 0.281 e. The quantitative estimate of drug-likeness (QED) is 0.779. The van der Waals surface area contributed by atoms with E-state index < -0.39 is 16.3 Å². The minimum Gasteiger partial charge on any atom is -0.392 e. The average molecular weight is 250 g/mol. The second-order valence-corrected chi connectivity index (χ2v) is 6.75. The number of rotatable bonds is 4. The van der Waals surface area contributed by atoms with Gasteiger partial charge in [0.15, 0.2) is 0 Å². The summed E-state index contributed by atoms with van der Waals surface area (Å²) in [5, 5.41) is 9.20. The van der Waals surface area contributed by atoms with Gasteiger partial charge in [-0.2, -0.15) is 17.0 Å². The second kappa shape index (κ2) is 5.44. The van der Waals surface area contributed by atoms with E-state index in [1.165, 1.54) is 15.7 Å². The van der Waals surface area contributed by atoms with Crippen LogP contribution in [0, 0.1) is 5.92 Å². The smallest absolute Gasteiger partial charge is 0.281 e. The van der Waals surface area contributed by atoms with E-state index in [4.69, 9.17) is 0 Å². The molecule has 1 rings (SSSR count). The van der Waals surface area contributed by atoms with Gasteiger partial charge in [-0.15, -0.1) is 0 Å². The molecule has 0 spiro atoms. The third kappa shape index (κ3) is 3.41. The van der Waals surface area contributed by atoms with Gasteiger partial charge >= 0.3 is 0 Å². The van der Waals surface area contributed by atoms with Crippen LogP contribution in [0.1, 0.15) is 26.7 Å². The summed E-state index contributed by atoms with van der Waals surface area (Å²) in [6.45, 7) is 5.06. The zero-order valence-corrected chi connectivity index (χ0v) is 11.1. The molecule has 0 aromatic carbocycles. The first-order valence-electron chi connectivity index (χ1n) is 5.73. The topological polar surface area (TPSA) is 60.9 Å². The molecular formula is C10H22N2O3S. The molecule has 1 unspecified atom stereocenters. The first kappa shape index (κ1) is 13.9. The Morgan fingerprint density at radius 3 is 2.38 bits per heavy atom. The fourth-order valence-electron chi connectivity index (χ4n) is 1.88. The normalized spacial score (nSPS) is 22.6. The van der Waals surface area contributed by atoms with E-state index in [0.29, 0.717) is 19.0 Å². The van der Waals surface area contributed by atoms with Gasteiger partial charge in [0.25, 0.3) is 10.2 Å². The summed E-state index contributed by atoms with van der Waals surface area (Å²) in [4.78, 5) is 0. The summed E-state index contributed by atoms with van der Waals surface area (Å²) in [7, 11) is -1.86. The number of nitrogens with zero attached hydrogens (tertiary/aromatic N) is 2. The molecule has 1 N–H and O–H groups in total. The summed E-state index contributed by atoms with van der Waals surface area (Å²) < 4.78 is 26.9. The molecule has 0 aromatic rings. The Kier molecular flexibility index (Phi) is 4.73. The molecule has 0 aliphatic carbocycles. The number of hydrogen-bond acceptors (Lipinski definition) is 3. The van der Waals surface area contributed by atoms with E-state index in [-0.39, 0.29) is 6.54 Å². The molecule has 16 heavy (non-hydrogen) atoms. The lowest BCUT2D eigenvalue weighted by molar-refractivity contribution is 0.165. The van der Waals surface area contributed by atoms with Crippen LogP contribution in [0.4, 0.5) is 0 Å². The Bertz CT molecular complexity index is 308. The number of aliphatic hydroxyl groups is 1. The van der Waals surface area contributed by atoms with Gasteiger partial charge in [0.2, 0.25) is 0 Å². The van der Waals surface area contributed by atoms with Gasteiger partial charge in [-0.3, -0.25) is 0 Å². The van der Waals surface area contributed by atoms with Crippen LogP contribution in [-0.2, 0) is 10.2 Å². The maximum atomic E-state index is 12.1. The van der Waals surface area contributed by atoms with Crippen molar-refractivity contribution in [2.45, 2.75) is 32.8 Å². The molecular weight excluding hydrogens is 228 g/mol. The predicted octanol–water partition coefficient (Wildman–Crippen LogP) is 0.276. The van der Waals surface area contributed by atoms with Crippen molar-refractivity contribution in [3.8, 4) is 0 Å². The van der Waals surface area contributed by atoms with Crippen LogP contribution in [-0.4, -0.2) is 54.9 Å². The minimum absolute atomic E-state index is 0.147. The van der Waals surface area contributed by atoms with Gasteiger partial charge in [0.1, 0.15) is 0 Å². The molecule has 1 aliphatic rings. The van der Waals surface area contributed by atoms with Crippen LogP contribution < -0.4 is 0 Å². The van der Waals surface area contributed by atoms with Crippen LogP contribution in [0.25, 0.3) is 0 Å². The minimum atomic E-state index is -3.37. The third-order valence-corrected chi connectivity index (χ3v) is 4.94. The molecule has 1 aliphatic heterocycles. The van der Waals surface area contributed by atoms with Crippen molar-refractivity contribution in [2.75, 3.05) is 26.7 Å². The Labute approximate surface area is 98.2 Å². The van der Waals surface area contributed by atoms with Crippen LogP contribution in [0.2, 0.25) is 0 Å². The summed E-state index contributed by atoms with van der Waals surface area (Å²) in [6, 6.07) is 0. The van der Waals surface area contributed by atoms with Crippen LogP contribution in [0.15, 0.2) is 0 Å². The van der Waals surface area contributed by atoms with Crippen molar-refractivity contribution >= 4 is 10.2 Å². The van der Waals surface area contributed by atoms with Crippen LogP contribution in [0.3, 0.4) is 0 Å². The van der Waals surface area contributed by atoms with E-state index in [2.05, 4.69) is 6.92 Å². The van der Waals surface area contributed by atoms with Crippen molar-refractivity contribution in [3.63, 3.8) is 0 Å². The van der Waals surface area contributed by atoms with E-state index in [1.807, 2.05) is 0 Å². The van der Waals surface area contributed by atoms with Gasteiger partial charge in [0, 0.05) is 26.7 Å². The van der Waals surface area contributed by atoms with Gasteiger partial charge in [-0.1, -0.05) is 6.92 Å². The highest BCUT2D eigenvalue weighted by atomic mass is 32.2. The number of piperidine rings is 1. The Hall–Kier alpha value is -0.170. The van der Waals surface area contributed by atoms with Gasteiger partial charge in [-0.25, -0.2) is 0 Å². The van der Waals surface area contributed by atoms with Gasteiger partial charge in [0.05, 0.1) is 6.10 Å². The molecule has 0 saturated carbocycles. The molecule has 1 fully saturated rings. The SMILES string of the molecule is CC(O)CN(C)S(=O)(=O)N1CCC(C)CC1. The monoisotopic (exact) mass is 250 g/mol. The standard InChI is InChI=1S/C10H22N2O3S/c1-9-4-6-12(7-5-9)16(14,15)11(3)8-10(2)13/h9-10,13H,4-8H2,1-3H3. The van der Waals surface area contributed by atoms with E-state index in [1.54, 1.807) is 6.92 Å². The Balaban J connectivity index is 2.63. The molecule has 96 valence electrons. The highest BCUT2D eigenvalue weighted by Gasteiger charge is 2.30. The number of likely N-dealkylation sites (N-methyl/N-ethyl adjacent to an activating group) is 1. The van der Waals surface area contributed by atoms with Crippen molar-refractivity contribution in [2.24, 2.45) is 5.92 Å². The molecule has 0 radical (unpaired) electrons. The first-order valence-corrected chi connectivity index (χ1v) is 7.13. The maximum absolute atomic E-state index is 12.1. The lowest BCUT2D eigenvalue weighted by atomic mass is 10.0. The largest absolute Gasteiger partial charge is 0.392 e. The molecule has 0 aromatic heterocycles. The molecule has 1 saturated heterocycles. The predicted molar refractivity (Wildman–Crippen MR) is 63.2 cm³/mol. The van der Waals surface area contributed by atoms with Crippen molar-refractivity contribution in [1.82, 2.24) is 8.61 Å². The van der Waals surface area contributed by atoms with Crippen molar-refractivity contribution in [3.05, 3.63) is 0 Å². The average Bonchev–Trinajstić information content (AvgIpc) is 2.17. The van der Waals surface area contributed by atoms with E-state index in [0.717, 1.165) is 12.8 Å².